The second kappa shape index (κ2) is 7.78. The zero-order chi connectivity index (χ0) is 19.7. The average Bonchev–Trinajstić information content (AvgIpc) is 3.01. The van der Waals surface area contributed by atoms with Crippen molar-refractivity contribution >= 4 is 41.0 Å². The highest BCUT2D eigenvalue weighted by Crippen LogP contribution is 2.46. The summed E-state index contributed by atoms with van der Waals surface area (Å²) >= 11 is 12.0. The number of nitrogens with zero attached hydrogens (tertiary/aromatic N) is 2. The van der Waals surface area contributed by atoms with E-state index in [0.29, 0.717) is 16.6 Å². The number of piperidine rings is 1. The molecule has 2 heterocycles. The predicted molar refractivity (Wildman–Crippen MR) is 116 cm³/mol. The first-order chi connectivity index (χ1) is 13.5. The number of halogens is 2. The molecule has 4 rings (SSSR count). The quantitative estimate of drug-likeness (QED) is 0.771. The number of rotatable bonds is 3. The molecule has 1 spiro atoms. The number of hydrogen-bond donors (Lipinski definition) is 1. The largest absolute Gasteiger partial charge is 0.351 e. The van der Waals surface area contributed by atoms with Crippen molar-refractivity contribution in [3.8, 4) is 0 Å². The Morgan fingerprint density at radius 1 is 1.11 bits per heavy atom. The molecule has 2 N–H and O–H groups in total. The lowest BCUT2D eigenvalue weighted by Crippen LogP contribution is -2.46. The average molecular weight is 416 g/mol. The zero-order valence-corrected chi connectivity index (χ0v) is 17.1. The normalized spacial score (nSPS) is 18.7. The monoisotopic (exact) mass is 415 g/mol. The van der Waals surface area contributed by atoms with Gasteiger partial charge in [-0.2, -0.15) is 0 Å². The highest BCUT2D eigenvalue weighted by molar-refractivity contribution is 6.42. The van der Waals surface area contributed by atoms with Crippen LogP contribution in [0.15, 0.2) is 48.5 Å². The lowest BCUT2D eigenvalue weighted by Gasteiger charge is -2.39. The number of anilines is 1. The molecule has 0 saturated carbocycles. The van der Waals surface area contributed by atoms with Crippen molar-refractivity contribution in [3.05, 3.63) is 69.7 Å². The van der Waals surface area contributed by atoms with Crippen molar-refractivity contribution < 1.29 is 4.79 Å². The third-order valence-electron chi connectivity index (χ3n) is 5.92. The van der Waals surface area contributed by atoms with Crippen molar-refractivity contribution in [2.45, 2.75) is 18.3 Å². The fraction of sp³-hybridized carbons (Fsp3) is 0.318. The van der Waals surface area contributed by atoms with Crippen LogP contribution in [0.5, 0.6) is 0 Å². The van der Waals surface area contributed by atoms with Gasteiger partial charge in [0.15, 0.2) is 0 Å². The Kier molecular flexibility index (Phi) is 5.37. The van der Waals surface area contributed by atoms with Gasteiger partial charge in [-0.25, -0.2) is 4.79 Å². The minimum absolute atomic E-state index is 0.0234. The molecule has 0 unspecified atom stereocenters. The van der Waals surface area contributed by atoms with Gasteiger partial charge in [0.1, 0.15) is 0 Å². The second-order valence-electron chi connectivity index (χ2n) is 7.60. The fourth-order valence-corrected chi connectivity index (χ4v) is 4.68. The summed E-state index contributed by atoms with van der Waals surface area (Å²) in [6.45, 7) is 3.56. The number of primary amides is 1. The number of likely N-dealkylation sites (tertiary alicyclic amines) is 1. The predicted octanol–water partition coefficient (Wildman–Crippen LogP) is 4.94. The van der Waals surface area contributed by atoms with E-state index in [-0.39, 0.29) is 11.4 Å². The summed E-state index contributed by atoms with van der Waals surface area (Å²) in [7, 11) is 0. The van der Waals surface area contributed by atoms with Crippen LogP contribution in [0.3, 0.4) is 0 Å². The van der Waals surface area contributed by atoms with E-state index in [1.54, 1.807) is 4.90 Å². The maximum Gasteiger partial charge on any atom is 0.319 e. The van der Waals surface area contributed by atoms with Gasteiger partial charge in [0.2, 0.25) is 0 Å². The Morgan fingerprint density at radius 2 is 1.86 bits per heavy atom. The molecule has 0 aliphatic carbocycles. The van der Waals surface area contributed by atoms with E-state index in [9.17, 15) is 4.79 Å². The first-order valence-corrected chi connectivity index (χ1v) is 10.2. The number of carbonyl (C=O) groups excluding carboxylic acids is 1. The SMILES string of the molecule is NC(=O)N1CC2(CCN(C/C=C/c3ccc(Cl)c(Cl)c3)CC2)c2ccccc21. The molecule has 1 fully saturated rings. The van der Waals surface area contributed by atoms with Crippen LogP contribution in [0, 0.1) is 0 Å². The lowest BCUT2D eigenvalue weighted by molar-refractivity contribution is 0.180. The summed E-state index contributed by atoms with van der Waals surface area (Å²) in [4.78, 5) is 16.1. The van der Waals surface area contributed by atoms with E-state index in [1.165, 1.54) is 5.56 Å². The van der Waals surface area contributed by atoms with Crippen LogP contribution < -0.4 is 10.6 Å². The summed E-state index contributed by atoms with van der Waals surface area (Å²) in [5.41, 5.74) is 8.93. The number of hydrogen-bond acceptors (Lipinski definition) is 2. The highest BCUT2D eigenvalue weighted by atomic mass is 35.5. The van der Waals surface area contributed by atoms with Gasteiger partial charge < -0.3 is 5.73 Å². The van der Waals surface area contributed by atoms with E-state index in [2.05, 4.69) is 29.2 Å². The fourth-order valence-electron chi connectivity index (χ4n) is 4.37. The van der Waals surface area contributed by atoms with Crippen LogP contribution >= 0.6 is 23.2 Å². The van der Waals surface area contributed by atoms with Crippen molar-refractivity contribution in [1.29, 1.82) is 0 Å². The van der Waals surface area contributed by atoms with E-state index in [1.807, 2.05) is 30.3 Å². The van der Waals surface area contributed by atoms with E-state index in [0.717, 1.165) is 43.7 Å². The van der Waals surface area contributed by atoms with Gasteiger partial charge in [0.25, 0.3) is 0 Å². The number of fused-ring (bicyclic) bond motifs is 2. The highest BCUT2D eigenvalue weighted by Gasteiger charge is 2.45. The maximum absolute atomic E-state index is 11.9. The molecular formula is C22H23Cl2N3O. The molecule has 0 radical (unpaired) electrons. The molecule has 2 aliphatic rings. The Bertz CT molecular complexity index is 920. The van der Waals surface area contributed by atoms with Crippen LogP contribution in [0.4, 0.5) is 10.5 Å². The summed E-state index contributed by atoms with van der Waals surface area (Å²) < 4.78 is 0. The summed E-state index contributed by atoms with van der Waals surface area (Å²) in [6, 6.07) is 13.5. The molecule has 0 aromatic heterocycles. The Morgan fingerprint density at radius 3 is 2.57 bits per heavy atom. The van der Waals surface area contributed by atoms with Gasteiger partial charge in [-0.15, -0.1) is 0 Å². The molecule has 0 atom stereocenters. The van der Waals surface area contributed by atoms with Crippen LogP contribution in [-0.2, 0) is 5.41 Å². The minimum atomic E-state index is -0.365. The second-order valence-corrected chi connectivity index (χ2v) is 8.41. The van der Waals surface area contributed by atoms with Crippen molar-refractivity contribution in [2.75, 3.05) is 31.1 Å². The van der Waals surface area contributed by atoms with Gasteiger partial charge in [-0.1, -0.05) is 59.6 Å². The number of para-hydroxylation sites is 1. The summed E-state index contributed by atoms with van der Waals surface area (Å²) in [6.07, 6.45) is 6.28. The van der Waals surface area contributed by atoms with Gasteiger partial charge in [0.05, 0.1) is 10.0 Å². The number of urea groups is 1. The smallest absolute Gasteiger partial charge is 0.319 e. The van der Waals surface area contributed by atoms with Crippen molar-refractivity contribution in [2.24, 2.45) is 5.73 Å². The first kappa shape index (κ1) is 19.3. The molecule has 1 saturated heterocycles. The molecule has 2 amide bonds. The lowest BCUT2D eigenvalue weighted by atomic mass is 9.74. The minimum Gasteiger partial charge on any atom is -0.351 e. The molecule has 28 heavy (non-hydrogen) atoms. The summed E-state index contributed by atoms with van der Waals surface area (Å²) in [5.74, 6) is 0. The van der Waals surface area contributed by atoms with Crippen LogP contribution in [0.2, 0.25) is 10.0 Å². The Balaban J connectivity index is 1.40. The van der Waals surface area contributed by atoms with Crippen molar-refractivity contribution in [3.63, 3.8) is 0 Å². The Hall–Kier alpha value is -2.01. The van der Waals surface area contributed by atoms with Crippen molar-refractivity contribution in [1.82, 2.24) is 4.90 Å². The molecular weight excluding hydrogens is 393 g/mol. The van der Waals surface area contributed by atoms with Gasteiger partial charge in [-0.05, 0) is 55.3 Å². The topological polar surface area (TPSA) is 49.6 Å². The van der Waals surface area contributed by atoms with Gasteiger partial charge in [0, 0.05) is 24.2 Å². The maximum atomic E-state index is 11.9. The van der Waals surface area contributed by atoms with Crippen LogP contribution in [0.1, 0.15) is 24.0 Å². The molecule has 6 heteroatoms. The first-order valence-electron chi connectivity index (χ1n) is 9.49. The molecule has 2 aliphatic heterocycles. The zero-order valence-electron chi connectivity index (χ0n) is 15.6. The summed E-state index contributed by atoms with van der Waals surface area (Å²) in [5, 5.41) is 1.14. The molecule has 0 bridgehead atoms. The Labute approximate surface area is 175 Å². The third kappa shape index (κ3) is 3.64. The number of carbonyl (C=O) groups is 1. The van der Waals surface area contributed by atoms with Crippen LogP contribution in [-0.4, -0.2) is 37.1 Å². The molecule has 2 aromatic rings. The van der Waals surface area contributed by atoms with Crippen LogP contribution in [0.25, 0.3) is 6.08 Å². The third-order valence-corrected chi connectivity index (χ3v) is 6.66. The molecule has 4 nitrogen and oxygen atoms in total. The van der Waals surface area contributed by atoms with Gasteiger partial charge >= 0.3 is 6.03 Å². The molecule has 2 aromatic carbocycles. The van der Waals surface area contributed by atoms with E-state index < -0.39 is 0 Å². The molecule has 146 valence electrons. The van der Waals surface area contributed by atoms with E-state index in [4.69, 9.17) is 28.9 Å². The number of benzene rings is 2. The standard InChI is InChI=1S/C22H23Cl2N3O/c23-18-8-7-16(14-19(18)24)4-3-11-26-12-9-22(10-13-26)15-27(21(25)28)20-6-2-1-5-17(20)22/h1-8,14H,9-13,15H2,(H2,25,28)/b4-3+. The number of amides is 2. The number of nitrogens with two attached hydrogens (primary N) is 1. The van der Waals surface area contributed by atoms with E-state index >= 15 is 0 Å². The van der Waals surface area contributed by atoms with Gasteiger partial charge in [-0.3, -0.25) is 9.80 Å².